The third kappa shape index (κ3) is 2.07. The summed E-state index contributed by atoms with van der Waals surface area (Å²) in [5.41, 5.74) is 0.511. The minimum atomic E-state index is -0.576. The van der Waals surface area contributed by atoms with Crippen LogP contribution in [0.3, 0.4) is 0 Å². The van der Waals surface area contributed by atoms with E-state index in [0.717, 1.165) is 30.7 Å². The van der Waals surface area contributed by atoms with Gasteiger partial charge in [0.15, 0.2) is 0 Å². The van der Waals surface area contributed by atoms with Gasteiger partial charge in [-0.1, -0.05) is 44.2 Å². The third-order valence-corrected chi connectivity index (χ3v) is 3.96. The van der Waals surface area contributed by atoms with Crippen molar-refractivity contribution < 1.29 is 5.11 Å². The van der Waals surface area contributed by atoms with Crippen molar-refractivity contribution >= 4 is 0 Å². The predicted octanol–water partition coefficient (Wildman–Crippen LogP) is 3.33. The normalized spacial score (nSPS) is 36.5. The molecule has 0 radical (unpaired) electrons. The first-order valence-electron chi connectivity index (χ1n) is 5.90. The summed E-state index contributed by atoms with van der Waals surface area (Å²) in [5, 5.41) is 10.6. The highest BCUT2D eigenvalue weighted by molar-refractivity contribution is 5.23. The standard InChI is InChI=1S/C14H20O/c1-11-8-9-14(15,10-12(11)2)13-6-4-3-5-7-13/h3-7,11-12,15H,8-10H2,1-2H3/t11-,12-,14-/m1/s1. The molecule has 1 N–H and O–H groups in total. The van der Waals surface area contributed by atoms with Crippen molar-refractivity contribution in [2.75, 3.05) is 0 Å². The molecule has 0 saturated heterocycles. The zero-order valence-corrected chi connectivity index (χ0v) is 9.61. The van der Waals surface area contributed by atoms with Crippen LogP contribution in [0, 0.1) is 11.8 Å². The lowest BCUT2D eigenvalue weighted by Crippen LogP contribution is -2.35. The van der Waals surface area contributed by atoms with E-state index in [2.05, 4.69) is 13.8 Å². The molecular weight excluding hydrogens is 184 g/mol. The van der Waals surface area contributed by atoms with Crippen molar-refractivity contribution in [1.82, 2.24) is 0 Å². The van der Waals surface area contributed by atoms with E-state index in [9.17, 15) is 5.11 Å². The Balaban J connectivity index is 2.21. The average molecular weight is 204 g/mol. The molecule has 0 heterocycles. The lowest BCUT2D eigenvalue weighted by atomic mass is 9.70. The Bertz CT molecular complexity index is 319. The molecule has 1 heteroatoms. The zero-order chi connectivity index (χ0) is 10.9. The first-order valence-corrected chi connectivity index (χ1v) is 5.90. The molecule has 1 aliphatic rings. The summed E-state index contributed by atoms with van der Waals surface area (Å²) < 4.78 is 0. The SMILES string of the molecule is C[C@@H]1CC[C@](O)(c2ccccc2)C[C@H]1C. The quantitative estimate of drug-likeness (QED) is 0.744. The topological polar surface area (TPSA) is 20.2 Å². The smallest absolute Gasteiger partial charge is 0.0899 e. The molecule has 1 fully saturated rings. The molecule has 0 aromatic heterocycles. The Labute approximate surface area is 92.1 Å². The Hall–Kier alpha value is -0.820. The lowest BCUT2D eigenvalue weighted by molar-refractivity contribution is -0.0336. The van der Waals surface area contributed by atoms with Gasteiger partial charge in [-0.25, -0.2) is 0 Å². The van der Waals surface area contributed by atoms with Gasteiger partial charge in [-0.3, -0.25) is 0 Å². The summed E-state index contributed by atoms with van der Waals surface area (Å²) in [6.45, 7) is 4.53. The highest BCUT2D eigenvalue weighted by Crippen LogP contribution is 2.42. The van der Waals surface area contributed by atoms with Gasteiger partial charge in [-0.05, 0) is 36.7 Å². The number of hydrogen-bond acceptors (Lipinski definition) is 1. The van der Waals surface area contributed by atoms with Gasteiger partial charge in [0.05, 0.1) is 5.60 Å². The molecule has 1 saturated carbocycles. The van der Waals surface area contributed by atoms with Crippen LogP contribution in [0.5, 0.6) is 0 Å². The molecule has 1 aliphatic carbocycles. The van der Waals surface area contributed by atoms with Gasteiger partial charge < -0.3 is 5.11 Å². The lowest BCUT2D eigenvalue weighted by Gasteiger charge is -2.39. The number of benzene rings is 1. The average Bonchev–Trinajstić information content (AvgIpc) is 2.26. The van der Waals surface area contributed by atoms with Crippen molar-refractivity contribution in [3.63, 3.8) is 0 Å². The first kappa shape index (κ1) is 10.7. The van der Waals surface area contributed by atoms with Crippen LogP contribution in [0.1, 0.15) is 38.7 Å². The number of rotatable bonds is 1. The van der Waals surface area contributed by atoms with Crippen molar-refractivity contribution in [1.29, 1.82) is 0 Å². The van der Waals surface area contributed by atoms with Crippen molar-refractivity contribution in [2.24, 2.45) is 11.8 Å². The van der Waals surface area contributed by atoms with Crippen LogP contribution in [0.25, 0.3) is 0 Å². The van der Waals surface area contributed by atoms with Crippen molar-refractivity contribution in [3.8, 4) is 0 Å². The third-order valence-electron chi connectivity index (χ3n) is 3.96. The second-order valence-corrected chi connectivity index (χ2v) is 5.09. The van der Waals surface area contributed by atoms with Crippen molar-refractivity contribution in [3.05, 3.63) is 35.9 Å². The maximum atomic E-state index is 10.6. The largest absolute Gasteiger partial charge is 0.385 e. The van der Waals surface area contributed by atoms with Crippen LogP contribution in [-0.4, -0.2) is 5.11 Å². The van der Waals surface area contributed by atoms with E-state index in [0.29, 0.717) is 5.92 Å². The van der Waals surface area contributed by atoms with Gasteiger partial charge in [0, 0.05) is 0 Å². The maximum absolute atomic E-state index is 10.6. The fraction of sp³-hybridized carbons (Fsp3) is 0.571. The minimum absolute atomic E-state index is 0.576. The van der Waals surface area contributed by atoms with E-state index in [-0.39, 0.29) is 0 Å². The Morgan fingerprint density at radius 3 is 2.40 bits per heavy atom. The molecule has 1 aromatic carbocycles. The molecule has 2 rings (SSSR count). The van der Waals surface area contributed by atoms with Gasteiger partial charge in [-0.2, -0.15) is 0 Å². The molecule has 0 bridgehead atoms. The molecule has 1 nitrogen and oxygen atoms in total. The molecule has 0 amide bonds. The van der Waals surface area contributed by atoms with Gasteiger partial charge >= 0.3 is 0 Å². The summed E-state index contributed by atoms with van der Waals surface area (Å²) in [4.78, 5) is 0. The molecule has 0 aliphatic heterocycles. The molecule has 3 atom stereocenters. The zero-order valence-electron chi connectivity index (χ0n) is 9.61. The molecular formula is C14H20O. The summed E-state index contributed by atoms with van der Waals surface area (Å²) in [6.07, 6.45) is 2.94. The second-order valence-electron chi connectivity index (χ2n) is 5.09. The van der Waals surface area contributed by atoms with Crippen LogP contribution in [0.2, 0.25) is 0 Å². The van der Waals surface area contributed by atoms with E-state index in [4.69, 9.17) is 0 Å². The summed E-state index contributed by atoms with van der Waals surface area (Å²) in [7, 11) is 0. The maximum Gasteiger partial charge on any atom is 0.0899 e. The van der Waals surface area contributed by atoms with Gasteiger partial charge in [0.1, 0.15) is 0 Å². The molecule has 15 heavy (non-hydrogen) atoms. The fourth-order valence-electron chi connectivity index (χ4n) is 2.60. The van der Waals surface area contributed by atoms with E-state index in [1.54, 1.807) is 0 Å². The fourth-order valence-corrected chi connectivity index (χ4v) is 2.60. The highest BCUT2D eigenvalue weighted by atomic mass is 16.3. The van der Waals surface area contributed by atoms with Crippen LogP contribution in [0.15, 0.2) is 30.3 Å². The highest BCUT2D eigenvalue weighted by Gasteiger charge is 2.36. The van der Waals surface area contributed by atoms with E-state index in [1.165, 1.54) is 0 Å². The van der Waals surface area contributed by atoms with Crippen LogP contribution < -0.4 is 0 Å². The number of hydrogen-bond donors (Lipinski definition) is 1. The van der Waals surface area contributed by atoms with E-state index < -0.39 is 5.60 Å². The molecule has 1 aromatic rings. The molecule has 82 valence electrons. The summed E-state index contributed by atoms with van der Waals surface area (Å²) in [5.74, 6) is 1.36. The van der Waals surface area contributed by atoms with E-state index >= 15 is 0 Å². The van der Waals surface area contributed by atoms with Gasteiger partial charge in [0.2, 0.25) is 0 Å². The first-order chi connectivity index (χ1) is 7.12. The van der Waals surface area contributed by atoms with Gasteiger partial charge in [-0.15, -0.1) is 0 Å². The van der Waals surface area contributed by atoms with E-state index in [1.807, 2.05) is 30.3 Å². The number of aliphatic hydroxyl groups is 1. The van der Waals surface area contributed by atoms with Crippen LogP contribution in [-0.2, 0) is 5.60 Å². The minimum Gasteiger partial charge on any atom is -0.385 e. The molecule has 0 spiro atoms. The van der Waals surface area contributed by atoms with Gasteiger partial charge in [0.25, 0.3) is 0 Å². The van der Waals surface area contributed by atoms with Crippen LogP contribution in [0.4, 0.5) is 0 Å². The van der Waals surface area contributed by atoms with Crippen molar-refractivity contribution in [2.45, 2.75) is 38.7 Å². The summed E-state index contributed by atoms with van der Waals surface area (Å²) >= 11 is 0. The van der Waals surface area contributed by atoms with Crippen LogP contribution >= 0.6 is 0 Å². The Morgan fingerprint density at radius 1 is 1.13 bits per heavy atom. The summed E-state index contributed by atoms with van der Waals surface area (Å²) in [6, 6.07) is 10.1. The second kappa shape index (κ2) is 3.97. The molecule has 0 unspecified atom stereocenters. The Kier molecular flexibility index (Phi) is 2.83. The Morgan fingerprint density at radius 2 is 1.80 bits per heavy atom. The monoisotopic (exact) mass is 204 g/mol. The predicted molar refractivity (Wildman–Crippen MR) is 62.5 cm³/mol.